The Hall–Kier alpha value is -2.79. The van der Waals surface area contributed by atoms with Gasteiger partial charge in [0.15, 0.2) is 5.75 Å². The van der Waals surface area contributed by atoms with E-state index in [1.165, 1.54) is 31.4 Å². The molecular weight excluding hydrogens is 318 g/mol. The summed E-state index contributed by atoms with van der Waals surface area (Å²) in [6.07, 6.45) is 2.89. The second-order valence-corrected chi connectivity index (χ2v) is 5.01. The molecule has 0 saturated carbocycles. The minimum atomic E-state index is -0.687. The summed E-state index contributed by atoms with van der Waals surface area (Å²) in [4.78, 5) is 23.4. The van der Waals surface area contributed by atoms with Crippen molar-refractivity contribution in [1.29, 1.82) is 0 Å². The molecule has 1 amide bonds. The maximum atomic E-state index is 11.9. The van der Waals surface area contributed by atoms with Crippen molar-refractivity contribution in [2.24, 2.45) is 0 Å². The Morgan fingerprint density at radius 2 is 1.96 bits per heavy atom. The largest absolute Gasteiger partial charge is 0.505 e. The number of nitrogens with one attached hydrogen (secondary N) is 1. The molecule has 0 bridgehead atoms. The fraction of sp³-hybridized carbons (Fsp3) is 0.0588. The quantitative estimate of drug-likeness (QED) is 0.511. The van der Waals surface area contributed by atoms with Crippen molar-refractivity contribution in [2.45, 2.75) is 0 Å². The Bertz CT molecular complexity index is 771. The number of phenolic OH excluding ortho intramolecular Hbond substituents is 1. The first-order chi connectivity index (χ1) is 11.0. The summed E-state index contributed by atoms with van der Waals surface area (Å²) in [5.41, 5.74) is 0.859. The maximum absolute atomic E-state index is 11.9. The zero-order valence-electron chi connectivity index (χ0n) is 12.2. The molecule has 0 fully saturated rings. The molecule has 5 nitrogen and oxygen atoms in total. The van der Waals surface area contributed by atoms with Crippen LogP contribution in [0.15, 0.2) is 48.5 Å². The number of hydrogen-bond acceptors (Lipinski definition) is 4. The molecule has 0 aliphatic carbocycles. The van der Waals surface area contributed by atoms with Gasteiger partial charge < -0.3 is 15.2 Å². The topological polar surface area (TPSA) is 75.6 Å². The number of methoxy groups -OCH3 is 1. The maximum Gasteiger partial charge on any atom is 0.341 e. The van der Waals surface area contributed by atoms with Crippen LogP contribution in [-0.2, 0) is 9.53 Å². The Labute approximate surface area is 138 Å². The number of ether oxygens (including phenoxy) is 1. The third-order valence-electron chi connectivity index (χ3n) is 2.98. The van der Waals surface area contributed by atoms with Gasteiger partial charge in [0.1, 0.15) is 5.56 Å². The monoisotopic (exact) mass is 331 g/mol. The van der Waals surface area contributed by atoms with Crippen LogP contribution in [0, 0.1) is 0 Å². The summed E-state index contributed by atoms with van der Waals surface area (Å²) in [5.74, 6) is -1.49. The molecule has 2 rings (SSSR count). The molecule has 0 aliphatic heterocycles. The van der Waals surface area contributed by atoms with Crippen LogP contribution >= 0.6 is 11.6 Å². The van der Waals surface area contributed by atoms with Crippen molar-refractivity contribution < 1.29 is 19.4 Å². The predicted molar refractivity (Wildman–Crippen MR) is 88.6 cm³/mol. The van der Waals surface area contributed by atoms with Crippen molar-refractivity contribution in [3.05, 3.63) is 64.7 Å². The SMILES string of the molecule is COC(=O)c1cccc(NC(=O)/C=C/c2cccc(Cl)c2)c1O. The Balaban J connectivity index is 2.13. The van der Waals surface area contributed by atoms with Crippen LogP contribution in [-0.4, -0.2) is 24.1 Å². The zero-order valence-corrected chi connectivity index (χ0v) is 13.0. The van der Waals surface area contributed by atoms with Crippen molar-refractivity contribution in [3.63, 3.8) is 0 Å². The van der Waals surface area contributed by atoms with Gasteiger partial charge in [0.2, 0.25) is 5.91 Å². The Morgan fingerprint density at radius 1 is 1.22 bits per heavy atom. The number of carbonyl (C=O) groups excluding carboxylic acids is 2. The molecule has 0 aromatic heterocycles. The van der Waals surface area contributed by atoms with E-state index in [4.69, 9.17) is 11.6 Å². The van der Waals surface area contributed by atoms with E-state index >= 15 is 0 Å². The fourth-order valence-corrected chi connectivity index (χ4v) is 2.07. The third kappa shape index (κ3) is 4.34. The molecular formula is C17H14ClNO4. The third-order valence-corrected chi connectivity index (χ3v) is 3.21. The van der Waals surface area contributed by atoms with Crippen molar-refractivity contribution in [1.82, 2.24) is 0 Å². The zero-order chi connectivity index (χ0) is 16.8. The number of amides is 1. The van der Waals surface area contributed by atoms with Crippen LogP contribution in [0.4, 0.5) is 5.69 Å². The van der Waals surface area contributed by atoms with Crippen molar-refractivity contribution >= 4 is 35.2 Å². The predicted octanol–water partition coefficient (Wildman–Crippen LogP) is 3.48. The molecule has 0 atom stereocenters. The highest BCUT2D eigenvalue weighted by Gasteiger charge is 2.15. The van der Waals surface area contributed by atoms with Crippen LogP contribution in [0.25, 0.3) is 6.08 Å². The smallest absolute Gasteiger partial charge is 0.341 e. The number of para-hydroxylation sites is 1. The fourth-order valence-electron chi connectivity index (χ4n) is 1.88. The standard InChI is InChI=1S/C17H14ClNO4/c1-23-17(22)13-6-3-7-14(16(13)21)19-15(20)9-8-11-4-2-5-12(18)10-11/h2-10,21H,1H3,(H,19,20)/b9-8+. The molecule has 2 aromatic carbocycles. The lowest BCUT2D eigenvalue weighted by atomic mass is 10.1. The first-order valence-electron chi connectivity index (χ1n) is 6.66. The number of carbonyl (C=O) groups is 2. The summed E-state index contributed by atoms with van der Waals surface area (Å²) in [6, 6.07) is 11.4. The number of benzene rings is 2. The number of halogens is 1. The average molecular weight is 332 g/mol. The van der Waals surface area contributed by atoms with E-state index < -0.39 is 11.9 Å². The van der Waals surface area contributed by atoms with E-state index in [1.54, 1.807) is 30.3 Å². The highest BCUT2D eigenvalue weighted by atomic mass is 35.5. The van der Waals surface area contributed by atoms with E-state index in [9.17, 15) is 14.7 Å². The van der Waals surface area contributed by atoms with E-state index in [0.717, 1.165) is 5.56 Å². The molecule has 2 N–H and O–H groups in total. The van der Waals surface area contributed by atoms with Gasteiger partial charge in [-0.05, 0) is 35.9 Å². The van der Waals surface area contributed by atoms with Crippen LogP contribution in [0.2, 0.25) is 5.02 Å². The van der Waals surface area contributed by atoms with Gasteiger partial charge in [-0.15, -0.1) is 0 Å². The lowest BCUT2D eigenvalue weighted by molar-refractivity contribution is -0.111. The number of anilines is 1. The molecule has 0 spiro atoms. The molecule has 0 aliphatic rings. The highest BCUT2D eigenvalue weighted by Crippen LogP contribution is 2.28. The molecule has 118 valence electrons. The van der Waals surface area contributed by atoms with Gasteiger partial charge in [-0.25, -0.2) is 4.79 Å². The van der Waals surface area contributed by atoms with Crippen LogP contribution in [0.5, 0.6) is 5.75 Å². The summed E-state index contributed by atoms with van der Waals surface area (Å²) in [7, 11) is 1.21. The second-order valence-electron chi connectivity index (χ2n) is 4.57. The average Bonchev–Trinajstić information content (AvgIpc) is 2.54. The van der Waals surface area contributed by atoms with E-state index in [-0.39, 0.29) is 17.0 Å². The van der Waals surface area contributed by atoms with Crippen molar-refractivity contribution in [3.8, 4) is 5.75 Å². The molecule has 0 radical (unpaired) electrons. The van der Waals surface area contributed by atoms with Crippen molar-refractivity contribution in [2.75, 3.05) is 12.4 Å². The molecule has 0 heterocycles. The van der Waals surface area contributed by atoms with Gasteiger partial charge in [-0.2, -0.15) is 0 Å². The van der Waals surface area contributed by atoms with Gasteiger partial charge in [0.25, 0.3) is 0 Å². The normalized spacial score (nSPS) is 10.5. The summed E-state index contributed by atoms with van der Waals surface area (Å²) in [5, 5.41) is 13.1. The first kappa shape index (κ1) is 16.6. The molecule has 0 unspecified atom stereocenters. The van der Waals surface area contributed by atoms with Crippen LogP contribution in [0.3, 0.4) is 0 Å². The minimum Gasteiger partial charge on any atom is -0.505 e. The minimum absolute atomic E-state index is 0.0240. The number of aromatic hydroxyl groups is 1. The van der Waals surface area contributed by atoms with E-state index in [1.807, 2.05) is 0 Å². The highest BCUT2D eigenvalue weighted by molar-refractivity contribution is 6.30. The number of esters is 1. The lowest BCUT2D eigenvalue weighted by Crippen LogP contribution is -2.09. The summed E-state index contributed by atoms with van der Waals surface area (Å²) >= 11 is 5.86. The lowest BCUT2D eigenvalue weighted by Gasteiger charge is -2.08. The number of phenols is 1. The molecule has 23 heavy (non-hydrogen) atoms. The van der Waals surface area contributed by atoms with Gasteiger partial charge in [-0.3, -0.25) is 4.79 Å². The van der Waals surface area contributed by atoms with Gasteiger partial charge in [0.05, 0.1) is 12.8 Å². The van der Waals surface area contributed by atoms with Crippen LogP contribution in [0.1, 0.15) is 15.9 Å². The molecule has 0 saturated heterocycles. The summed E-state index contributed by atoms with van der Waals surface area (Å²) in [6.45, 7) is 0. The summed E-state index contributed by atoms with van der Waals surface area (Å²) < 4.78 is 4.56. The Kier molecular flexibility index (Phi) is 5.38. The second kappa shape index (κ2) is 7.47. The molecule has 2 aromatic rings. The van der Waals surface area contributed by atoms with Gasteiger partial charge in [-0.1, -0.05) is 29.8 Å². The van der Waals surface area contributed by atoms with Gasteiger partial charge >= 0.3 is 5.97 Å². The van der Waals surface area contributed by atoms with E-state index in [2.05, 4.69) is 10.1 Å². The number of rotatable bonds is 4. The van der Waals surface area contributed by atoms with Crippen LogP contribution < -0.4 is 5.32 Å². The Morgan fingerprint density at radius 3 is 2.65 bits per heavy atom. The van der Waals surface area contributed by atoms with Gasteiger partial charge in [0, 0.05) is 11.1 Å². The first-order valence-corrected chi connectivity index (χ1v) is 7.04. The van der Waals surface area contributed by atoms with E-state index in [0.29, 0.717) is 5.02 Å². The molecule has 6 heteroatoms. The number of hydrogen-bond donors (Lipinski definition) is 2.